The number of rotatable bonds is 4. The summed E-state index contributed by atoms with van der Waals surface area (Å²) in [5.74, 6) is 0. The first-order chi connectivity index (χ1) is 9.43. The van der Waals surface area contributed by atoms with Crippen molar-refractivity contribution in [2.45, 2.75) is 47.2 Å². The van der Waals surface area contributed by atoms with Gasteiger partial charge in [0.25, 0.3) is 0 Å². The number of nitrogens with zero attached hydrogens (tertiary/aromatic N) is 3. The van der Waals surface area contributed by atoms with Crippen LogP contribution in [0.5, 0.6) is 0 Å². The number of aryl methyl sites for hydroxylation is 3. The van der Waals surface area contributed by atoms with Crippen LogP contribution in [0.2, 0.25) is 5.15 Å². The van der Waals surface area contributed by atoms with Gasteiger partial charge < -0.3 is 5.32 Å². The van der Waals surface area contributed by atoms with Gasteiger partial charge in [0.1, 0.15) is 5.15 Å². The lowest BCUT2D eigenvalue weighted by Crippen LogP contribution is -2.09. The number of halogens is 1. The Morgan fingerprint density at radius 1 is 1.35 bits per heavy atom. The standard InChI is InChI=1S/C15H21ClN4/c1-6-20-12(5)14(11(4)19-20)10(3)18-13-7-9(2)15(16)17-8-13/h7-8,10,18H,6H2,1-5H3. The molecule has 0 saturated carbocycles. The normalized spacial score (nSPS) is 12.5. The molecule has 0 spiro atoms. The molecule has 0 fully saturated rings. The third-order valence-electron chi connectivity index (χ3n) is 3.57. The summed E-state index contributed by atoms with van der Waals surface area (Å²) in [5, 5.41) is 8.58. The lowest BCUT2D eigenvalue weighted by molar-refractivity contribution is 0.632. The maximum absolute atomic E-state index is 5.95. The number of aromatic nitrogens is 3. The Labute approximate surface area is 125 Å². The van der Waals surface area contributed by atoms with Gasteiger partial charge in [-0.2, -0.15) is 5.10 Å². The van der Waals surface area contributed by atoms with Crippen LogP contribution in [0.15, 0.2) is 12.3 Å². The molecule has 2 aromatic heterocycles. The van der Waals surface area contributed by atoms with Gasteiger partial charge in [0.05, 0.1) is 23.6 Å². The van der Waals surface area contributed by atoms with Crippen LogP contribution in [-0.2, 0) is 6.54 Å². The molecule has 0 aliphatic rings. The van der Waals surface area contributed by atoms with E-state index in [1.54, 1.807) is 6.20 Å². The van der Waals surface area contributed by atoms with E-state index in [-0.39, 0.29) is 6.04 Å². The van der Waals surface area contributed by atoms with Crippen LogP contribution < -0.4 is 5.32 Å². The van der Waals surface area contributed by atoms with Crippen LogP contribution in [0.1, 0.15) is 42.4 Å². The van der Waals surface area contributed by atoms with Crippen LogP contribution >= 0.6 is 11.6 Å². The molecular formula is C15H21ClN4. The minimum absolute atomic E-state index is 0.178. The minimum atomic E-state index is 0.178. The maximum atomic E-state index is 5.95. The second-order valence-electron chi connectivity index (χ2n) is 5.10. The van der Waals surface area contributed by atoms with Gasteiger partial charge >= 0.3 is 0 Å². The summed E-state index contributed by atoms with van der Waals surface area (Å²) in [6.45, 7) is 11.3. The van der Waals surface area contributed by atoms with Crippen molar-refractivity contribution >= 4 is 17.3 Å². The first kappa shape index (κ1) is 14.9. The Kier molecular flexibility index (Phi) is 4.33. The van der Waals surface area contributed by atoms with Crippen LogP contribution in [0.4, 0.5) is 5.69 Å². The zero-order chi connectivity index (χ0) is 14.9. The fraction of sp³-hybridized carbons (Fsp3) is 0.467. The molecule has 1 atom stereocenters. The monoisotopic (exact) mass is 292 g/mol. The van der Waals surface area contributed by atoms with Crippen molar-refractivity contribution in [2.75, 3.05) is 5.32 Å². The lowest BCUT2D eigenvalue weighted by atomic mass is 10.1. The quantitative estimate of drug-likeness (QED) is 0.865. The highest BCUT2D eigenvalue weighted by Crippen LogP contribution is 2.26. The zero-order valence-corrected chi connectivity index (χ0v) is 13.4. The Bertz CT molecular complexity index is 619. The summed E-state index contributed by atoms with van der Waals surface area (Å²) in [7, 11) is 0. The first-order valence-electron chi connectivity index (χ1n) is 6.86. The molecule has 2 aromatic rings. The molecule has 4 nitrogen and oxygen atoms in total. The van der Waals surface area contributed by atoms with E-state index in [2.05, 4.69) is 43.1 Å². The van der Waals surface area contributed by atoms with E-state index in [0.29, 0.717) is 5.15 Å². The first-order valence-corrected chi connectivity index (χ1v) is 7.24. The molecule has 0 aromatic carbocycles. The summed E-state index contributed by atoms with van der Waals surface area (Å²) in [5.41, 5.74) is 5.48. The van der Waals surface area contributed by atoms with E-state index >= 15 is 0 Å². The Morgan fingerprint density at radius 3 is 2.60 bits per heavy atom. The summed E-state index contributed by atoms with van der Waals surface area (Å²) in [6.07, 6.45) is 1.76. The fourth-order valence-electron chi connectivity index (χ4n) is 2.60. The van der Waals surface area contributed by atoms with Gasteiger partial charge in [-0.25, -0.2) is 4.98 Å². The average molecular weight is 293 g/mol. The van der Waals surface area contributed by atoms with Crippen LogP contribution in [-0.4, -0.2) is 14.8 Å². The molecule has 0 saturated heterocycles. The highest BCUT2D eigenvalue weighted by Gasteiger charge is 2.17. The molecular weight excluding hydrogens is 272 g/mol. The molecule has 5 heteroatoms. The molecule has 0 bridgehead atoms. The molecule has 0 aliphatic heterocycles. The fourth-order valence-corrected chi connectivity index (χ4v) is 2.71. The van der Waals surface area contributed by atoms with E-state index in [9.17, 15) is 0 Å². The zero-order valence-electron chi connectivity index (χ0n) is 12.7. The van der Waals surface area contributed by atoms with Gasteiger partial charge in [0, 0.05) is 17.8 Å². The van der Waals surface area contributed by atoms with Crippen molar-refractivity contribution in [3.63, 3.8) is 0 Å². The Balaban J connectivity index is 2.25. The van der Waals surface area contributed by atoms with Crippen molar-refractivity contribution in [3.8, 4) is 0 Å². The molecule has 0 amide bonds. The van der Waals surface area contributed by atoms with Gasteiger partial charge in [-0.1, -0.05) is 11.6 Å². The molecule has 108 valence electrons. The molecule has 0 radical (unpaired) electrons. The summed E-state index contributed by atoms with van der Waals surface area (Å²) < 4.78 is 2.04. The predicted molar refractivity (Wildman–Crippen MR) is 83.4 cm³/mol. The van der Waals surface area contributed by atoms with E-state index in [1.165, 1.54) is 11.3 Å². The van der Waals surface area contributed by atoms with Crippen molar-refractivity contribution < 1.29 is 0 Å². The van der Waals surface area contributed by atoms with E-state index in [0.717, 1.165) is 23.5 Å². The van der Waals surface area contributed by atoms with Crippen molar-refractivity contribution in [2.24, 2.45) is 0 Å². The highest BCUT2D eigenvalue weighted by atomic mass is 35.5. The third kappa shape index (κ3) is 2.80. The van der Waals surface area contributed by atoms with E-state index in [4.69, 9.17) is 11.6 Å². The summed E-state index contributed by atoms with van der Waals surface area (Å²) in [4.78, 5) is 4.17. The van der Waals surface area contributed by atoms with Gasteiger partial charge in [0.15, 0.2) is 0 Å². The Hall–Kier alpha value is -1.55. The third-order valence-corrected chi connectivity index (χ3v) is 3.96. The second kappa shape index (κ2) is 5.83. The molecule has 0 aliphatic carbocycles. The summed E-state index contributed by atoms with van der Waals surface area (Å²) >= 11 is 5.95. The maximum Gasteiger partial charge on any atom is 0.132 e. The van der Waals surface area contributed by atoms with Crippen LogP contribution in [0.3, 0.4) is 0 Å². The number of pyridine rings is 1. The number of hydrogen-bond donors (Lipinski definition) is 1. The van der Waals surface area contributed by atoms with Crippen LogP contribution in [0.25, 0.3) is 0 Å². The average Bonchev–Trinajstić information content (AvgIpc) is 2.68. The summed E-state index contributed by atoms with van der Waals surface area (Å²) in [6, 6.07) is 2.19. The minimum Gasteiger partial charge on any atom is -0.377 e. The van der Waals surface area contributed by atoms with Gasteiger partial charge in [0.2, 0.25) is 0 Å². The van der Waals surface area contributed by atoms with Crippen molar-refractivity contribution in [1.29, 1.82) is 0 Å². The number of nitrogens with one attached hydrogen (secondary N) is 1. The van der Waals surface area contributed by atoms with Gasteiger partial charge in [-0.05, 0) is 46.2 Å². The lowest BCUT2D eigenvalue weighted by Gasteiger charge is -2.16. The highest BCUT2D eigenvalue weighted by molar-refractivity contribution is 6.30. The van der Waals surface area contributed by atoms with Crippen molar-refractivity contribution in [3.05, 3.63) is 39.9 Å². The molecule has 2 heterocycles. The van der Waals surface area contributed by atoms with Gasteiger partial charge in [-0.3, -0.25) is 4.68 Å². The molecule has 2 rings (SSSR count). The predicted octanol–water partition coefficient (Wildman–Crippen LogP) is 4.05. The number of hydrogen-bond acceptors (Lipinski definition) is 3. The van der Waals surface area contributed by atoms with E-state index in [1.807, 2.05) is 17.7 Å². The molecule has 20 heavy (non-hydrogen) atoms. The largest absolute Gasteiger partial charge is 0.377 e. The van der Waals surface area contributed by atoms with E-state index < -0.39 is 0 Å². The number of anilines is 1. The Morgan fingerprint density at radius 2 is 2.05 bits per heavy atom. The van der Waals surface area contributed by atoms with Crippen molar-refractivity contribution in [1.82, 2.24) is 14.8 Å². The topological polar surface area (TPSA) is 42.7 Å². The van der Waals surface area contributed by atoms with Crippen LogP contribution in [0, 0.1) is 20.8 Å². The molecule has 1 unspecified atom stereocenters. The second-order valence-corrected chi connectivity index (χ2v) is 5.46. The molecule has 1 N–H and O–H groups in total. The van der Waals surface area contributed by atoms with Gasteiger partial charge in [-0.15, -0.1) is 0 Å². The SMILES string of the molecule is CCn1nc(C)c(C(C)Nc2cnc(Cl)c(C)c2)c1C. The smallest absolute Gasteiger partial charge is 0.132 e.